The van der Waals surface area contributed by atoms with Gasteiger partial charge in [-0.1, -0.05) is 11.6 Å². The maximum absolute atomic E-state index is 12.8. The number of halogens is 5. The number of hydrogen-bond donors (Lipinski definition) is 0. The molecule has 0 amide bonds. The second kappa shape index (κ2) is 7.72. The summed E-state index contributed by atoms with van der Waals surface area (Å²) in [6.45, 7) is 1.89. The topological polar surface area (TPSA) is 74.0 Å². The smallest absolute Gasteiger partial charge is 0.416 e. The molecular weight excluding hydrogens is 436 g/mol. The first-order chi connectivity index (χ1) is 13.5. The SMILES string of the molecule is CC1(CCl)COC(c2cc(Oc3ccc(C(F)(F)F)cc3Cl)ccc2[N+](=O)[O-])=N1. The highest BCUT2D eigenvalue weighted by atomic mass is 35.5. The molecule has 154 valence electrons. The molecule has 1 atom stereocenters. The molecular formula is C18H13Cl2F3N2O4. The maximum Gasteiger partial charge on any atom is 0.416 e. The third-order valence-electron chi connectivity index (χ3n) is 4.06. The van der Waals surface area contributed by atoms with Gasteiger partial charge in [0.15, 0.2) is 0 Å². The number of nitro benzene ring substituents is 1. The molecule has 0 aliphatic carbocycles. The summed E-state index contributed by atoms with van der Waals surface area (Å²) in [5, 5.41) is 11.1. The van der Waals surface area contributed by atoms with Gasteiger partial charge in [0.1, 0.15) is 29.2 Å². The van der Waals surface area contributed by atoms with Crippen LogP contribution in [0.15, 0.2) is 41.4 Å². The van der Waals surface area contributed by atoms with Crippen LogP contribution in [0, 0.1) is 10.1 Å². The number of benzene rings is 2. The standard InChI is InChI=1S/C18H13Cl2F3N2O4/c1-17(8-19)9-28-16(24-17)12-7-11(3-4-14(12)25(26)27)29-15-5-2-10(6-13(15)20)18(21,22)23/h2-7H,8-9H2,1H3. The van der Waals surface area contributed by atoms with E-state index in [9.17, 15) is 23.3 Å². The van der Waals surface area contributed by atoms with Crippen LogP contribution in [0.1, 0.15) is 18.1 Å². The Morgan fingerprint density at radius 3 is 2.59 bits per heavy atom. The van der Waals surface area contributed by atoms with Gasteiger partial charge in [-0.25, -0.2) is 4.99 Å². The van der Waals surface area contributed by atoms with Crippen LogP contribution in [0.3, 0.4) is 0 Å². The molecule has 0 aromatic heterocycles. The van der Waals surface area contributed by atoms with Crippen LogP contribution in [0.4, 0.5) is 18.9 Å². The summed E-state index contributed by atoms with van der Waals surface area (Å²) in [5.41, 5.74) is -1.86. The lowest BCUT2D eigenvalue weighted by Crippen LogP contribution is -2.25. The molecule has 0 spiro atoms. The van der Waals surface area contributed by atoms with Gasteiger partial charge in [0.05, 0.1) is 21.4 Å². The summed E-state index contributed by atoms with van der Waals surface area (Å²) in [6, 6.07) is 6.42. The van der Waals surface area contributed by atoms with Crippen LogP contribution in [-0.4, -0.2) is 28.8 Å². The van der Waals surface area contributed by atoms with Gasteiger partial charge in [0.2, 0.25) is 5.90 Å². The first-order valence-electron chi connectivity index (χ1n) is 8.14. The Hall–Kier alpha value is -2.52. The fourth-order valence-corrected chi connectivity index (χ4v) is 2.89. The van der Waals surface area contributed by atoms with Gasteiger partial charge in [0.25, 0.3) is 5.69 Å². The Balaban J connectivity index is 1.96. The molecule has 0 N–H and O–H groups in total. The molecule has 2 aromatic carbocycles. The molecule has 1 heterocycles. The zero-order chi connectivity index (χ0) is 21.4. The number of hydrogen-bond acceptors (Lipinski definition) is 5. The van der Waals surface area contributed by atoms with Gasteiger partial charge in [-0.05, 0) is 31.2 Å². The van der Waals surface area contributed by atoms with Crippen molar-refractivity contribution < 1.29 is 27.6 Å². The van der Waals surface area contributed by atoms with Gasteiger partial charge in [0, 0.05) is 12.1 Å². The van der Waals surface area contributed by atoms with E-state index >= 15 is 0 Å². The van der Waals surface area contributed by atoms with Crippen molar-refractivity contribution in [1.29, 1.82) is 0 Å². The fraction of sp³-hybridized carbons (Fsp3) is 0.278. The van der Waals surface area contributed by atoms with Crippen molar-refractivity contribution in [3.63, 3.8) is 0 Å². The van der Waals surface area contributed by atoms with Crippen molar-refractivity contribution in [3.05, 3.63) is 62.7 Å². The van der Waals surface area contributed by atoms with Crippen LogP contribution in [-0.2, 0) is 10.9 Å². The van der Waals surface area contributed by atoms with E-state index in [1.165, 1.54) is 18.2 Å². The number of rotatable bonds is 5. The van der Waals surface area contributed by atoms with E-state index in [2.05, 4.69) is 4.99 Å². The second-order valence-electron chi connectivity index (χ2n) is 6.52. The van der Waals surface area contributed by atoms with Crippen molar-refractivity contribution >= 4 is 34.8 Å². The molecule has 1 aliphatic rings. The van der Waals surface area contributed by atoms with Gasteiger partial charge >= 0.3 is 6.18 Å². The minimum Gasteiger partial charge on any atom is -0.475 e. The molecule has 0 fully saturated rings. The van der Waals surface area contributed by atoms with E-state index in [1.54, 1.807) is 6.92 Å². The average molecular weight is 449 g/mol. The highest BCUT2D eigenvalue weighted by Gasteiger charge is 2.34. The molecule has 0 radical (unpaired) electrons. The van der Waals surface area contributed by atoms with Gasteiger partial charge < -0.3 is 9.47 Å². The minimum absolute atomic E-state index is 0.0313. The van der Waals surface area contributed by atoms with Gasteiger partial charge in [-0.3, -0.25) is 10.1 Å². The fourth-order valence-electron chi connectivity index (χ4n) is 2.54. The Bertz CT molecular complexity index is 998. The lowest BCUT2D eigenvalue weighted by atomic mass is 10.1. The van der Waals surface area contributed by atoms with E-state index in [1.807, 2.05) is 0 Å². The number of nitrogens with zero attached hydrogens (tertiary/aromatic N) is 2. The first-order valence-corrected chi connectivity index (χ1v) is 9.06. The van der Waals surface area contributed by atoms with Gasteiger partial charge in [-0.15, -0.1) is 11.6 Å². The predicted molar refractivity (Wildman–Crippen MR) is 101 cm³/mol. The van der Waals surface area contributed by atoms with E-state index in [-0.39, 0.29) is 46.2 Å². The van der Waals surface area contributed by atoms with Crippen LogP contribution in [0.25, 0.3) is 0 Å². The van der Waals surface area contributed by atoms with E-state index in [0.717, 1.165) is 18.2 Å². The first kappa shape index (κ1) is 21.2. The Kier molecular flexibility index (Phi) is 5.64. The van der Waals surface area contributed by atoms with Crippen molar-refractivity contribution in [2.75, 3.05) is 12.5 Å². The molecule has 0 bridgehead atoms. The number of alkyl halides is 4. The molecule has 0 saturated carbocycles. The molecule has 2 aromatic rings. The van der Waals surface area contributed by atoms with Crippen LogP contribution >= 0.6 is 23.2 Å². The summed E-state index contributed by atoms with van der Waals surface area (Å²) in [4.78, 5) is 15.1. The molecule has 11 heteroatoms. The zero-order valence-corrected chi connectivity index (χ0v) is 16.3. The lowest BCUT2D eigenvalue weighted by Gasteiger charge is -2.12. The second-order valence-corrected chi connectivity index (χ2v) is 7.19. The third kappa shape index (κ3) is 4.56. The molecule has 1 aliphatic heterocycles. The Morgan fingerprint density at radius 2 is 2.03 bits per heavy atom. The van der Waals surface area contributed by atoms with Gasteiger partial charge in [-0.2, -0.15) is 13.2 Å². The van der Waals surface area contributed by atoms with E-state index in [4.69, 9.17) is 32.7 Å². The minimum atomic E-state index is -4.55. The monoisotopic (exact) mass is 448 g/mol. The lowest BCUT2D eigenvalue weighted by molar-refractivity contribution is -0.385. The highest BCUT2D eigenvalue weighted by molar-refractivity contribution is 6.32. The molecule has 3 rings (SSSR count). The quantitative estimate of drug-likeness (QED) is 0.327. The van der Waals surface area contributed by atoms with Crippen LogP contribution in [0.5, 0.6) is 11.5 Å². The summed E-state index contributed by atoms with van der Waals surface area (Å²) in [6.07, 6.45) is -4.55. The maximum atomic E-state index is 12.8. The summed E-state index contributed by atoms with van der Waals surface area (Å²) in [5.74, 6) is 0.253. The summed E-state index contributed by atoms with van der Waals surface area (Å²) < 4.78 is 49.3. The third-order valence-corrected chi connectivity index (χ3v) is 4.93. The van der Waals surface area contributed by atoms with Crippen molar-refractivity contribution in [3.8, 4) is 11.5 Å². The molecule has 29 heavy (non-hydrogen) atoms. The number of nitro groups is 1. The number of aliphatic imine (C=N–C) groups is 1. The predicted octanol–water partition coefficient (Wildman–Crippen LogP) is 5.83. The zero-order valence-electron chi connectivity index (χ0n) is 14.8. The highest BCUT2D eigenvalue weighted by Crippen LogP contribution is 2.37. The van der Waals surface area contributed by atoms with E-state index < -0.39 is 22.2 Å². The number of ether oxygens (including phenoxy) is 2. The Morgan fingerprint density at radius 1 is 1.31 bits per heavy atom. The van der Waals surface area contributed by atoms with Crippen molar-refractivity contribution in [2.45, 2.75) is 18.6 Å². The van der Waals surface area contributed by atoms with Crippen LogP contribution < -0.4 is 4.74 Å². The molecule has 0 saturated heterocycles. The normalized spacial score (nSPS) is 18.9. The van der Waals surface area contributed by atoms with Crippen LogP contribution in [0.2, 0.25) is 5.02 Å². The van der Waals surface area contributed by atoms with E-state index in [0.29, 0.717) is 0 Å². The molecule has 6 nitrogen and oxygen atoms in total. The average Bonchev–Trinajstić information content (AvgIpc) is 3.05. The van der Waals surface area contributed by atoms with Crippen molar-refractivity contribution in [1.82, 2.24) is 0 Å². The summed E-state index contributed by atoms with van der Waals surface area (Å²) >= 11 is 11.8. The van der Waals surface area contributed by atoms with Crippen molar-refractivity contribution in [2.24, 2.45) is 4.99 Å². The largest absolute Gasteiger partial charge is 0.475 e. The Labute approximate surface area is 173 Å². The molecule has 1 unspecified atom stereocenters. The summed E-state index contributed by atoms with van der Waals surface area (Å²) in [7, 11) is 0.